The normalized spacial score (nSPS) is 15.7. The van der Waals surface area contributed by atoms with E-state index in [1.165, 1.54) is 6.07 Å². The quantitative estimate of drug-likeness (QED) is 0.466. The topological polar surface area (TPSA) is 82.2 Å². The van der Waals surface area contributed by atoms with Gasteiger partial charge in [-0.25, -0.2) is 9.49 Å². The van der Waals surface area contributed by atoms with Gasteiger partial charge in [0.1, 0.15) is 5.82 Å². The Labute approximate surface area is 202 Å². The number of H-pyrrole nitrogens is 1. The molecule has 0 radical (unpaired) electrons. The first kappa shape index (κ1) is 22.9. The molecular formula is C27H26FN5O2. The van der Waals surface area contributed by atoms with Crippen LogP contribution in [0.25, 0.3) is 10.8 Å². The van der Waals surface area contributed by atoms with Gasteiger partial charge in [0.2, 0.25) is 0 Å². The van der Waals surface area contributed by atoms with Crippen LogP contribution < -0.4 is 5.56 Å². The summed E-state index contributed by atoms with van der Waals surface area (Å²) < 4.78 is 14.7. The number of carbonyl (C=O) groups is 1. The molecule has 0 bridgehead atoms. The summed E-state index contributed by atoms with van der Waals surface area (Å²) in [6, 6.07) is 16.0. The third kappa shape index (κ3) is 4.83. The molecule has 5 rings (SSSR count). The lowest BCUT2D eigenvalue weighted by Gasteiger charge is -2.24. The minimum atomic E-state index is -0.537. The van der Waals surface area contributed by atoms with Crippen LogP contribution in [0.5, 0.6) is 0 Å². The summed E-state index contributed by atoms with van der Waals surface area (Å²) in [6.45, 7) is 1.87. The molecule has 0 unspecified atom stereocenters. The van der Waals surface area contributed by atoms with Crippen LogP contribution in [0, 0.1) is 5.82 Å². The Balaban J connectivity index is 1.32. The van der Waals surface area contributed by atoms with Gasteiger partial charge in [-0.1, -0.05) is 30.3 Å². The summed E-state index contributed by atoms with van der Waals surface area (Å²) in [5, 5.41) is 8.02. The summed E-state index contributed by atoms with van der Waals surface area (Å²) in [5.74, 6) is -0.842. The summed E-state index contributed by atoms with van der Waals surface area (Å²) in [7, 11) is 2.04. The number of nitrogens with one attached hydrogen (secondary N) is 1. The highest BCUT2D eigenvalue weighted by atomic mass is 19.1. The first-order valence-corrected chi connectivity index (χ1v) is 11.6. The average molecular weight is 472 g/mol. The Morgan fingerprint density at radius 2 is 1.97 bits per heavy atom. The Bertz CT molecular complexity index is 1420. The highest BCUT2D eigenvalue weighted by molar-refractivity contribution is 5.95. The third-order valence-electron chi connectivity index (χ3n) is 6.64. The molecule has 1 saturated heterocycles. The number of carbonyl (C=O) groups excluding carboxylic acids is 1. The van der Waals surface area contributed by atoms with E-state index in [9.17, 15) is 14.0 Å². The molecule has 1 atom stereocenters. The molecule has 1 N–H and O–H groups in total. The van der Waals surface area contributed by atoms with E-state index >= 15 is 0 Å². The van der Waals surface area contributed by atoms with E-state index in [0.29, 0.717) is 30.6 Å². The van der Waals surface area contributed by atoms with E-state index in [1.54, 1.807) is 35.4 Å². The predicted octanol–water partition coefficient (Wildman–Crippen LogP) is 3.39. The van der Waals surface area contributed by atoms with Crippen LogP contribution in [-0.2, 0) is 13.0 Å². The van der Waals surface area contributed by atoms with Gasteiger partial charge in [-0.05, 0) is 48.9 Å². The van der Waals surface area contributed by atoms with Gasteiger partial charge >= 0.3 is 0 Å². The molecule has 8 heteroatoms. The van der Waals surface area contributed by atoms with Crippen LogP contribution in [0.15, 0.2) is 71.8 Å². The van der Waals surface area contributed by atoms with Gasteiger partial charge in [0.25, 0.3) is 11.5 Å². The van der Waals surface area contributed by atoms with Crippen LogP contribution >= 0.6 is 0 Å². The van der Waals surface area contributed by atoms with Crippen molar-refractivity contribution in [3.63, 3.8) is 0 Å². The number of likely N-dealkylation sites (tertiary alicyclic amines) is 1. The molecule has 1 aliphatic rings. The number of likely N-dealkylation sites (N-methyl/N-ethyl adjacent to an activating group) is 1. The number of amides is 1. The first-order valence-electron chi connectivity index (χ1n) is 11.6. The third-order valence-corrected chi connectivity index (χ3v) is 6.64. The van der Waals surface area contributed by atoms with Crippen molar-refractivity contribution in [3.8, 4) is 0 Å². The molecule has 0 saturated carbocycles. The van der Waals surface area contributed by atoms with E-state index in [1.807, 2.05) is 37.5 Å². The molecule has 35 heavy (non-hydrogen) atoms. The highest BCUT2D eigenvalue weighted by Crippen LogP contribution is 2.22. The molecular weight excluding hydrogens is 445 g/mol. The van der Waals surface area contributed by atoms with Crippen LogP contribution in [0.4, 0.5) is 4.39 Å². The lowest BCUT2D eigenvalue weighted by atomic mass is 10.0. The summed E-state index contributed by atoms with van der Waals surface area (Å²) in [5.41, 5.74) is 2.34. The summed E-state index contributed by atoms with van der Waals surface area (Å²) in [6.07, 6.45) is 4.79. The zero-order valence-electron chi connectivity index (χ0n) is 19.4. The van der Waals surface area contributed by atoms with Crippen molar-refractivity contribution in [3.05, 3.63) is 106 Å². The lowest BCUT2D eigenvalue weighted by molar-refractivity contribution is 0.0775. The number of aromatic nitrogens is 3. The van der Waals surface area contributed by atoms with Crippen LogP contribution in [0.3, 0.4) is 0 Å². The molecule has 0 spiro atoms. The number of hydrogen-bond donors (Lipinski definition) is 1. The van der Waals surface area contributed by atoms with Gasteiger partial charge < -0.3 is 4.90 Å². The first-order chi connectivity index (χ1) is 17.0. The minimum absolute atomic E-state index is 0.0618. The van der Waals surface area contributed by atoms with Crippen LogP contribution in [0.1, 0.15) is 33.6 Å². The number of fused-ring (bicyclic) bond motifs is 1. The van der Waals surface area contributed by atoms with Crippen LogP contribution in [0.2, 0.25) is 0 Å². The largest absolute Gasteiger partial charge is 0.337 e. The number of nitrogens with zero attached hydrogens (tertiary/aromatic N) is 4. The number of pyridine rings is 1. The highest BCUT2D eigenvalue weighted by Gasteiger charge is 2.30. The van der Waals surface area contributed by atoms with Crippen molar-refractivity contribution < 1.29 is 9.18 Å². The summed E-state index contributed by atoms with van der Waals surface area (Å²) in [4.78, 5) is 33.4. The second-order valence-electron chi connectivity index (χ2n) is 9.01. The minimum Gasteiger partial charge on any atom is -0.337 e. The molecule has 2 aromatic heterocycles. The average Bonchev–Trinajstić information content (AvgIpc) is 3.38. The molecule has 4 aromatic rings. The van der Waals surface area contributed by atoms with E-state index in [4.69, 9.17) is 0 Å². The van der Waals surface area contributed by atoms with Crippen LogP contribution in [-0.4, -0.2) is 57.1 Å². The Morgan fingerprint density at radius 3 is 2.77 bits per heavy atom. The number of hydrogen-bond acceptors (Lipinski definition) is 5. The van der Waals surface area contributed by atoms with Gasteiger partial charge in [0.05, 0.1) is 16.6 Å². The van der Waals surface area contributed by atoms with Crippen molar-refractivity contribution in [1.82, 2.24) is 25.0 Å². The zero-order chi connectivity index (χ0) is 24.4. The van der Waals surface area contributed by atoms with Crippen molar-refractivity contribution in [2.45, 2.75) is 25.4 Å². The number of aromatic amines is 1. The molecule has 1 fully saturated rings. The molecule has 3 heterocycles. The number of rotatable bonds is 6. The smallest absolute Gasteiger partial charge is 0.272 e. The number of halogens is 1. The molecule has 0 aliphatic carbocycles. The maximum Gasteiger partial charge on any atom is 0.272 e. The predicted molar refractivity (Wildman–Crippen MR) is 132 cm³/mol. The molecule has 1 amide bonds. The standard InChI is InChI=1S/C27H26FN5O2/c1-32(16-19-5-4-11-29-15-19)20-10-12-33(17-20)27(35)23-13-18(8-9-24(23)28)14-25-21-6-2-3-7-22(21)26(34)31-30-25/h2-9,11,13,15,20H,10,12,14,16-17H2,1H3,(H,31,34)/t20-/m0/s1. The van der Waals surface area contributed by atoms with Crippen molar-refractivity contribution >= 4 is 16.7 Å². The molecule has 7 nitrogen and oxygen atoms in total. The van der Waals surface area contributed by atoms with Crippen molar-refractivity contribution in [2.75, 3.05) is 20.1 Å². The van der Waals surface area contributed by atoms with E-state index in [2.05, 4.69) is 20.1 Å². The molecule has 1 aliphatic heterocycles. The molecule has 2 aromatic carbocycles. The second-order valence-corrected chi connectivity index (χ2v) is 9.01. The second kappa shape index (κ2) is 9.76. The lowest BCUT2D eigenvalue weighted by Crippen LogP contribution is -2.36. The van der Waals surface area contributed by atoms with Gasteiger partial charge in [-0.2, -0.15) is 5.10 Å². The fourth-order valence-electron chi connectivity index (χ4n) is 4.71. The number of benzene rings is 2. The van der Waals surface area contributed by atoms with Gasteiger partial charge in [-0.3, -0.25) is 19.5 Å². The summed E-state index contributed by atoms with van der Waals surface area (Å²) >= 11 is 0. The fraction of sp³-hybridized carbons (Fsp3) is 0.259. The zero-order valence-corrected chi connectivity index (χ0v) is 19.4. The maximum absolute atomic E-state index is 14.7. The van der Waals surface area contributed by atoms with E-state index in [-0.39, 0.29) is 23.1 Å². The van der Waals surface area contributed by atoms with Crippen molar-refractivity contribution in [2.24, 2.45) is 0 Å². The van der Waals surface area contributed by atoms with Gasteiger partial charge in [0, 0.05) is 49.9 Å². The van der Waals surface area contributed by atoms with E-state index < -0.39 is 5.82 Å². The molecule has 178 valence electrons. The SMILES string of the molecule is CN(Cc1cccnc1)[C@H]1CCN(C(=O)c2cc(Cc3n[nH]c(=O)c4ccccc34)ccc2F)C1. The Morgan fingerprint density at radius 1 is 1.14 bits per heavy atom. The van der Waals surface area contributed by atoms with Crippen molar-refractivity contribution in [1.29, 1.82) is 0 Å². The van der Waals surface area contributed by atoms with Gasteiger partial charge in [0.15, 0.2) is 0 Å². The Hall–Kier alpha value is -3.91. The monoisotopic (exact) mass is 471 g/mol. The van der Waals surface area contributed by atoms with Gasteiger partial charge in [-0.15, -0.1) is 0 Å². The maximum atomic E-state index is 14.7. The van der Waals surface area contributed by atoms with E-state index in [0.717, 1.165) is 29.5 Å². The fourth-order valence-corrected chi connectivity index (χ4v) is 4.71. The Kier molecular flexibility index (Phi) is 6.37.